The molecule has 6 nitrogen and oxygen atoms in total. The Hall–Kier alpha value is -2.61. The van der Waals surface area contributed by atoms with Crippen LogP contribution in [0.1, 0.15) is 6.42 Å². The summed E-state index contributed by atoms with van der Waals surface area (Å²) in [6.45, 7) is 2.68. The second kappa shape index (κ2) is 8.85. The van der Waals surface area contributed by atoms with E-state index in [9.17, 15) is 19.3 Å². The molecule has 1 fully saturated rings. The SMILES string of the molecule is O=C(CCSc1ccc(F)cc1)N1CCN(c2ccc([N+](=O)[O-])cc2)CC1. The number of halogens is 1. The van der Waals surface area contributed by atoms with Crippen LogP contribution in [0.2, 0.25) is 0 Å². The van der Waals surface area contributed by atoms with Crippen LogP contribution in [0, 0.1) is 15.9 Å². The molecule has 142 valence electrons. The second-order valence-electron chi connectivity index (χ2n) is 6.19. The van der Waals surface area contributed by atoms with E-state index in [1.54, 1.807) is 36.0 Å². The molecule has 0 bridgehead atoms. The van der Waals surface area contributed by atoms with Crippen molar-refractivity contribution in [2.45, 2.75) is 11.3 Å². The van der Waals surface area contributed by atoms with Crippen LogP contribution in [0.15, 0.2) is 53.4 Å². The van der Waals surface area contributed by atoms with Crippen molar-refractivity contribution in [3.63, 3.8) is 0 Å². The number of anilines is 1. The molecular formula is C19H20FN3O3S. The highest BCUT2D eigenvalue weighted by molar-refractivity contribution is 7.99. The van der Waals surface area contributed by atoms with Crippen molar-refractivity contribution in [2.24, 2.45) is 0 Å². The predicted molar refractivity (Wildman–Crippen MR) is 104 cm³/mol. The minimum atomic E-state index is -0.412. The maximum Gasteiger partial charge on any atom is 0.269 e. The van der Waals surface area contributed by atoms with Gasteiger partial charge in [-0.2, -0.15) is 0 Å². The Kier molecular flexibility index (Phi) is 6.28. The molecule has 1 heterocycles. The van der Waals surface area contributed by atoms with Gasteiger partial charge in [0.2, 0.25) is 5.91 Å². The summed E-state index contributed by atoms with van der Waals surface area (Å²) in [6.07, 6.45) is 0.444. The van der Waals surface area contributed by atoms with E-state index in [4.69, 9.17) is 0 Å². The summed E-state index contributed by atoms with van der Waals surface area (Å²) in [5.41, 5.74) is 1.01. The van der Waals surface area contributed by atoms with Gasteiger partial charge in [-0.25, -0.2) is 4.39 Å². The van der Waals surface area contributed by atoms with E-state index in [1.807, 2.05) is 4.90 Å². The minimum absolute atomic E-state index is 0.0752. The van der Waals surface area contributed by atoms with E-state index < -0.39 is 4.92 Å². The smallest absolute Gasteiger partial charge is 0.269 e. The van der Waals surface area contributed by atoms with E-state index in [2.05, 4.69) is 4.90 Å². The molecule has 2 aromatic rings. The van der Waals surface area contributed by atoms with Gasteiger partial charge < -0.3 is 9.80 Å². The maximum atomic E-state index is 12.9. The molecule has 0 saturated carbocycles. The third-order valence-electron chi connectivity index (χ3n) is 4.46. The van der Waals surface area contributed by atoms with Crippen LogP contribution in [0.5, 0.6) is 0 Å². The Balaban J connectivity index is 1.43. The van der Waals surface area contributed by atoms with E-state index in [1.165, 1.54) is 24.3 Å². The summed E-state index contributed by atoms with van der Waals surface area (Å²) in [5, 5.41) is 10.7. The van der Waals surface area contributed by atoms with E-state index in [0.717, 1.165) is 10.6 Å². The fourth-order valence-electron chi connectivity index (χ4n) is 2.94. The Morgan fingerprint density at radius 3 is 2.26 bits per heavy atom. The van der Waals surface area contributed by atoms with Crippen LogP contribution in [-0.4, -0.2) is 47.7 Å². The number of non-ortho nitro benzene ring substituents is 1. The van der Waals surface area contributed by atoms with Crippen LogP contribution in [0.3, 0.4) is 0 Å². The normalized spacial score (nSPS) is 14.3. The monoisotopic (exact) mass is 389 g/mol. The number of carbonyl (C=O) groups is 1. The molecule has 0 spiro atoms. The largest absolute Gasteiger partial charge is 0.368 e. The Labute approximate surface area is 161 Å². The topological polar surface area (TPSA) is 66.7 Å². The molecule has 2 aromatic carbocycles. The molecule has 1 aliphatic heterocycles. The third kappa shape index (κ3) is 5.19. The summed E-state index contributed by atoms with van der Waals surface area (Å²) in [5.74, 6) is 0.516. The zero-order valence-corrected chi connectivity index (χ0v) is 15.5. The van der Waals surface area contributed by atoms with Gasteiger partial charge in [0.05, 0.1) is 4.92 Å². The first kappa shape index (κ1) is 19.2. The first-order chi connectivity index (χ1) is 13.0. The highest BCUT2D eigenvalue weighted by atomic mass is 32.2. The summed E-state index contributed by atoms with van der Waals surface area (Å²) in [7, 11) is 0. The number of rotatable bonds is 6. The molecule has 0 radical (unpaired) electrons. The molecule has 0 aromatic heterocycles. The van der Waals surface area contributed by atoms with Gasteiger partial charge in [-0.05, 0) is 36.4 Å². The second-order valence-corrected chi connectivity index (χ2v) is 7.36. The summed E-state index contributed by atoms with van der Waals surface area (Å²) >= 11 is 1.54. The zero-order valence-electron chi connectivity index (χ0n) is 14.7. The van der Waals surface area contributed by atoms with Crippen molar-refractivity contribution in [1.82, 2.24) is 4.90 Å². The number of piperazine rings is 1. The van der Waals surface area contributed by atoms with E-state index in [-0.39, 0.29) is 17.4 Å². The number of nitrogens with zero attached hydrogens (tertiary/aromatic N) is 3. The van der Waals surface area contributed by atoms with Crippen LogP contribution >= 0.6 is 11.8 Å². The van der Waals surface area contributed by atoms with Crippen LogP contribution < -0.4 is 4.90 Å². The highest BCUT2D eigenvalue weighted by Gasteiger charge is 2.21. The van der Waals surface area contributed by atoms with Crippen LogP contribution in [0.25, 0.3) is 0 Å². The van der Waals surface area contributed by atoms with E-state index in [0.29, 0.717) is 38.4 Å². The van der Waals surface area contributed by atoms with Crippen LogP contribution in [-0.2, 0) is 4.79 Å². The first-order valence-electron chi connectivity index (χ1n) is 8.68. The lowest BCUT2D eigenvalue weighted by Crippen LogP contribution is -2.48. The average Bonchev–Trinajstić information content (AvgIpc) is 2.69. The Bertz CT molecular complexity index is 791. The van der Waals surface area contributed by atoms with Crippen LogP contribution in [0.4, 0.5) is 15.8 Å². The molecule has 27 heavy (non-hydrogen) atoms. The number of nitro groups is 1. The van der Waals surface area contributed by atoms with Gasteiger partial charge in [-0.3, -0.25) is 14.9 Å². The predicted octanol–water partition coefficient (Wildman–Crippen LogP) is 3.56. The summed E-state index contributed by atoms with van der Waals surface area (Å²) in [6, 6.07) is 12.8. The highest BCUT2D eigenvalue weighted by Crippen LogP contribution is 2.22. The number of hydrogen-bond donors (Lipinski definition) is 0. The molecule has 0 unspecified atom stereocenters. The maximum absolute atomic E-state index is 12.9. The van der Waals surface area contributed by atoms with Gasteiger partial charge >= 0.3 is 0 Å². The Morgan fingerprint density at radius 1 is 1.04 bits per heavy atom. The molecule has 0 atom stereocenters. The molecule has 0 aliphatic carbocycles. The fraction of sp³-hybridized carbons (Fsp3) is 0.316. The van der Waals surface area contributed by atoms with Gasteiger partial charge in [0.15, 0.2) is 0 Å². The van der Waals surface area contributed by atoms with Crippen molar-refractivity contribution < 1.29 is 14.1 Å². The van der Waals surface area contributed by atoms with Gasteiger partial charge in [0.1, 0.15) is 5.82 Å². The number of carbonyl (C=O) groups excluding carboxylic acids is 1. The number of nitro benzene ring substituents is 1. The quantitative estimate of drug-likeness (QED) is 0.429. The van der Waals surface area contributed by atoms with Crippen molar-refractivity contribution in [3.8, 4) is 0 Å². The molecule has 1 aliphatic rings. The van der Waals surface area contributed by atoms with Crippen molar-refractivity contribution >= 4 is 29.0 Å². The lowest BCUT2D eigenvalue weighted by molar-refractivity contribution is -0.384. The average molecular weight is 389 g/mol. The van der Waals surface area contributed by atoms with E-state index >= 15 is 0 Å². The molecule has 1 amide bonds. The molecule has 8 heteroatoms. The summed E-state index contributed by atoms with van der Waals surface area (Å²) < 4.78 is 12.9. The zero-order chi connectivity index (χ0) is 19.2. The van der Waals surface area contributed by atoms with Gasteiger partial charge in [-0.15, -0.1) is 11.8 Å². The Morgan fingerprint density at radius 2 is 1.67 bits per heavy atom. The standard InChI is InChI=1S/C19H20FN3O3S/c20-15-1-7-18(8-2-15)27-14-9-19(24)22-12-10-21(11-13-22)16-3-5-17(6-4-16)23(25)26/h1-8H,9-14H2. The molecular weight excluding hydrogens is 369 g/mol. The summed E-state index contributed by atoms with van der Waals surface area (Å²) in [4.78, 5) is 27.6. The minimum Gasteiger partial charge on any atom is -0.368 e. The number of benzene rings is 2. The fourth-order valence-corrected chi connectivity index (χ4v) is 3.79. The van der Waals surface area contributed by atoms with Crippen molar-refractivity contribution in [3.05, 3.63) is 64.5 Å². The molecule has 3 rings (SSSR count). The number of hydrogen-bond acceptors (Lipinski definition) is 5. The number of amides is 1. The van der Waals surface area contributed by atoms with Gasteiger partial charge in [0, 0.05) is 61.1 Å². The molecule has 0 N–H and O–H groups in total. The lowest BCUT2D eigenvalue weighted by atomic mass is 10.2. The lowest BCUT2D eigenvalue weighted by Gasteiger charge is -2.36. The van der Waals surface area contributed by atoms with Gasteiger partial charge in [-0.1, -0.05) is 0 Å². The molecule has 1 saturated heterocycles. The van der Waals surface area contributed by atoms with Gasteiger partial charge in [0.25, 0.3) is 5.69 Å². The third-order valence-corrected chi connectivity index (χ3v) is 5.47. The van der Waals surface area contributed by atoms with Crippen molar-refractivity contribution in [2.75, 3.05) is 36.8 Å². The first-order valence-corrected chi connectivity index (χ1v) is 9.67. The van der Waals surface area contributed by atoms with Crippen molar-refractivity contribution in [1.29, 1.82) is 0 Å². The number of thioether (sulfide) groups is 1.